The van der Waals surface area contributed by atoms with Crippen molar-refractivity contribution in [2.45, 2.75) is 45.7 Å². The van der Waals surface area contributed by atoms with E-state index in [4.69, 9.17) is 0 Å². The minimum absolute atomic E-state index is 0.715. The van der Waals surface area contributed by atoms with Crippen LogP contribution in [0.4, 0.5) is 0 Å². The smallest absolute Gasteiger partial charge is 0.0237 e. The molecule has 0 bridgehead atoms. The third-order valence-electron chi connectivity index (χ3n) is 4.02. The van der Waals surface area contributed by atoms with E-state index in [0.29, 0.717) is 6.04 Å². The van der Waals surface area contributed by atoms with Gasteiger partial charge in [0.2, 0.25) is 0 Å². The molecular formula is C17H28N2. The molecule has 0 amide bonds. The lowest BCUT2D eigenvalue weighted by Crippen LogP contribution is -2.50. The van der Waals surface area contributed by atoms with Crippen molar-refractivity contribution in [1.82, 2.24) is 10.2 Å². The average Bonchev–Trinajstić information content (AvgIpc) is 2.41. The Kier molecular flexibility index (Phi) is 5.87. The van der Waals surface area contributed by atoms with E-state index >= 15 is 0 Å². The molecule has 1 fully saturated rings. The van der Waals surface area contributed by atoms with Crippen LogP contribution in [0, 0.1) is 5.92 Å². The zero-order valence-electron chi connectivity index (χ0n) is 12.4. The number of nitrogens with zero attached hydrogens (tertiary/aromatic N) is 1. The summed E-state index contributed by atoms with van der Waals surface area (Å²) in [4.78, 5) is 2.66. The van der Waals surface area contributed by atoms with Crippen molar-refractivity contribution in [2.75, 3.05) is 19.6 Å². The summed E-state index contributed by atoms with van der Waals surface area (Å²) in [5.41, 5.74) is 1.44. The number of hydrogen-bond acceptors (Lipinski definition) is 2. The largest absolute Gasteiger partial charge is 0.314 e. The highest BCUT2D eigenvalue weighted by Gasteiger charge is 2.21. The molecule has 1 unspecified atom stereocenters. The average molecular weight is 260 g/mol. The second-order valence-electron chi connectivity index (χ2n) is 6.14. The maximum absolute atomic E-state index is 3.55. The van der Waals surface area contributed by atoms with Crippen molar-refractivity contribution < 1.29 is 0 Å². The molecule has 106 valence electrons. The van der Waals surface area contributed by atoms with Gasteiger partial charge in [0, 0.05) is 32.2 Å². The van der Waals surface area contributed by atoms with Crippen LogP contribution in [0.15, 0.2) is 30.3 Å². The Morgan fingerprint density at radius 2 is 2.05 bits per heavy atom. The number of benzene rings is 1. The molecule has 0 spiro atoms. The van der Waals surface area contributed by atoms with Crippen molar-refractivity contribution in [3.63, 3.8) is 0 Å². The van der Waals surface area contributed by atoms with Crippen molar-refractivity contribution in [3.8, 4) is 0 Å². The van der Waals surface area contributed by atoms with Crippen LogP contribution in [-0.2, 0) is 6.54 Å². The fourth-order valence-electron chi connectivity index (χ4n) is 2.88. The normalized spacial score (nSPS) is 20.9. The molecule has 0 radical (unpaired) electrons. The minimum Gasteiger partial charge on any atom is -0.314 e. The molecule has 2 nitrogen and oxygen atoms in total. The van der Waals surface area contributed by atoms with Crippen molar-refractivity contribution in [2.24, 2.45) is 5.92 Å². The van der Waals surface area contributed by atoms with Gasteiger partial charge in [-0.25, -0.2) is 0 Å². The van der Waals surface area contributed by atoms with Crippen LogP contribution in [0.1, 0.15) is 38.7 Å². The fourth-order valence-corrected chi connectivity index (χ4v) is 2.88. The summed E-state index contributed by atoms with van der Waals surface area (Å²) in [6, 6.07) is 11.6. The minimum atomic E-state index is 0.715. The molecule has 1 saturated heterocycles. The molecule has 1 aliphatic heterocycles. The van der Waals surface area contributed by atoms with E-state index in [1.54, 1.807) is 0 Å². The summed E-state index contributed by atoms with van der Waals surface area (Å²) in [6.07, 6.45) is 4.04. The lowest BCUT2D eigenvalue weighted by atomic mass is 10.0. The van der Waals surface area contributed by atoms with Gasteiger partial charge in [0.15, 0.2) is 0 Å². The second-order valence-corrected chi connectivity index (χ2v) is 6.14. The molecule has 1 aromatic rings. The van der Waals surface area contributed by atoms with Crippen LogP contribution in [0.25, 0.3) is 0 Å². The molecule has 1 atom stereocenters. The maximum Gasteiger partial charge on any atom is 0.0237 e. The monoisotopic (exact) mass is 260 g/mol. The zero-order valence-corrected chi connectivity index (χ0v) is 12.4. The Hall–Kier alpha value is -0.860. The lowest BCUT2D eigenvalue weighted by molar-refractivity contribution is 0.141. The zero-order chi connectivity index (χ0) is 13.5. The van der Waals surface area contributed by atoms with Gasteiger partial charge in [-0.1, -0.05) is 57.0 Å². The lowest BCUT2D eigenvalue weighted by Gasteiger charge is -2.36. The first kappa shape index (κ1) is 14.5. The Bertz CT molecular complexity index is 348. The third kappa shape index (κ3) is 4.96. The molecule has 1 heterocycles. The molecule has 1 aliphatic rings. The van der Waals surface area contributed by atoms with Crippen molar-refractivity contribution >= 4 is 0 Å². The Labute approximate surface area is 118 Å². The first-order valence-electron chi connectivity index (χ1n) is 7.74. The van der Waals surface area contributed by atoms with Gasteiger partial charge >= 0.3 is 0 Å². The summed E-state index contributed by atoms with van der Waals surface area (Å²) >= 11 is 0. The quantitative estimate of drug-likeness (QED) is 0.844. The molecule has 2 rings (SSSR count). The summed E-state index contributed by atoms with van der Waals surface area (Å²) in [5, 5.41) is 3.55. The fraction of sp³-hybridized carbons (Fsp3) is 0.647. The predicted molar refractivity (Wildman–Crippen MR) is 82.2 cm³/mol. The third-order valence-corrected chi connectivity index (χ3v) is 4.02. The molecule has 19 heavy (non-hydrogen) atoms. The second kappa shape index (κ2) is 7.66. The van der Waals surface area contributed by atoms with Crippen LogP contribution in [-0.4, -0.2) is 30.6 Å². The van der Waals surface area contributed by atoms with Crippen molar-refractivity contribution in [1.29, 1.82) is 0 Å². The Balaban J connectivity index is 1.85. The summed E-state index contributed by atoms with van der Waals surface area (Å²) in [5.74, 6) is 0.833. The van der Waals surface area contributed by atoms with Gasteiger partial charge in [-0.15, -0.1) is 0 Å². The van der Waals surface area contributed by atoms with Gasteiger partial charge < -0.3 is 5.32 Å². The Morgan fingerprint density at radius 1 is 1.26 bits per heavy atom. The molecular weight excluding hydrogens is 232 g/mol. The van der Waals surface area contributed by atoms with Gasteiger partial charge in [0.1, 0.15) is 0 Å². The maximum atomic E-state index is 3.55. The van der Waals surface area contributed by atoms with E-state index in [9.17, 15) is 0 Å². The summed E-state index contributed by atoms with van der Waals surface area (Å²) in [6.45, 7) is 9.22. The molecule has 1 aromatic carbocycles. The topological polar surface area (TPSA) is 15.3 Å². The highest BCUT2D eigenvalue weighted by molar-refractivity contribution is 5.14. The van der Waals surface area contributed by atoms with Gasteiger partial charge in [-0.05, 0) is 17.9 Å². The predicted octanol–water partition coefficient (Wildman–Crippen LogP) is 3.29. The number of piperazine rings is 1. The molecule has 0 saturated carbocycles. The number of nitrogens with one attached hydrogen (secondary N) is 1. The first-order chi connectivity index (χ1) is 9.25. The number of hydrogen-bond donors (Lipinski definition) is 1. The first-order valence-corrected chi connectivity index (χ1v) is 7.74. The van der Waals surface area contributed by atoms with E-state index < -0.39 is 0 Å². The number of rotatable bonds is 6. The highest BCUT2D eigenvalue weighted by Crippen LogP contribution is 2.16. The van der Waals surface area contributed by atoms with Crippen LogP contribution in [0.3, 0.4) is 0 Å². The van der Waals surface area contributed by atoms with E-state index in [0.717, 1.165) is 25.6 Å². The van der Waals surface area contributed by atoms with Crippen LogP contribution >= 0.6 is 0 Å². The van der Waals surface area contributed by atoms with E-state index in [2.05, 4.69) is 54.4 Å². The standard InChI is InChI=1S/C17H28N2/c1-15(2)7-6-10-17-13-18-11-12-19(17)14-16-8-4-3-5-9-16/h3-5,8-9,15,17-18H,6-7,10-14H2,1-2H3. The SMILES string of the molecule is CC(C)CCCC1CNCCN1Cc1ccccc1. The summed E-state index contributed by atoms with van der Waals surface area (Å²) < 4.78 is 0. The van der Waals surface area contributed by atoms with Crippen LogP contribution in [0.2, 0.25) is 0 Å². The van der Waals surface area contributed by atoms with Crippen molar-refractivity contribution in [3.05, 3.63) is 35.9 Å². The molecule has 0 aliphatic carbocycles. The van der Waals surface area contributed by atoms with E-state index in [1.165, 1.54) is 31.4 Å². The molecule has 2 heteroatoms. The van der Waals surface area contributed by atoms with E-state index in [-0.39, 0.29) is 0 Å². The van der Waals surface area contributed by atoms with Gasteiger partial charge in [0.25, 0.3) is 0 Å². The van der Waals surface area contributed by atoms with E-state index in [1.807, 2.05) is 0 Å². The molecule has 0 aromatic heterocycles. The van der Waals surface area contributed by atoms with Crippen LogP contribution in [0.5, 0.6) is 0 Å². The van der Waals surface area contributed by atoms with Crippen LogP contribution < -0.4 is 5.32 Å². The summed E-state index contributed by atoms with van der Waals surface area (Å²) in [7, 11) is 0. The van der Waals surface area contributed by atoms with Gasteiger partial charge in [-0.2, -0.15) is 0 Å². The molecule has 1 N–H and O–H groups in total. The van der Waals surface area contributed by atoms with Gasteiger partial charge in [0.05, 0.1) is 0 Å². The highest BCUT2D eigenvalue weighted by atomic mass is 15.2. The Morgan fingerprint density at radius 3 is 2.79 bits per heavy atom. The van der Waals surface area contributed by atoms with Gasteiger partial charge in [-0.3, -0.25) is 4.90 Å².